The van der Waals surface area contributed by atoms with Gasteiger partial charge in [-0.1, -0.05) is 44.2 Å². The van der Waals surface area contributed by atoms with Crippen LogP contribution in [0.25, 0.3) is 0 Å². The fraction of sp³-hybridized carbons (Fsp3) is 0.700. The number of aryl methyl sites for hydroxylation is 1. The Bertz CT molecular complexity index is 563. The van der Waals surface area contributed by atoms with Crippen molar-refractivity contribution < 1.29 is 13.7 Å². The number of benzene rings is 1. The molecule has 1 aromatic carbocycles. The summed E-state index contributed by atoms with van der Waals surface area (Å²) in [5.41, 5.74) is 0.839. The Labute approximate surface area is 146 Å². The normalized spacial score (nSPS) is 23.6. The molecular formula is C20H30BFO2. The van der Waals surface area contributed by atoms with E-state index in [9.17, 15) is 4.39 Å². The van der Waals surface area contributed by atoms with Gasteiger partial charge in [-0.3, -0.25) is 0 Å². The Balaban J connectivity index is 1.70. The molecule has 0 radical (unpaired) electrons. The van der Waals surface area contributed by atoms with Gasteiger partial charge in [0.15, 0.2) is 0 Å². The topological polar surface area (TPSA) is 18.5 Å². The minimum atomic E-state index is -0.621. The van der Waals surface area contributed by atoms with Gasteiger partial charge in [-0.05, 0) is 58.1 Å². The summed E-state index contributed by atoms with van der Waals surface area (Å²) in [6, 6.07) is 5.42. The van der Waals surface area contributed by atoms with Crippen molar-refractivity contribution in [3.63, 3.8) is 0 Å². The highest BCUT2D eigenvalue weighted by atomic mass is 19.1. The van der Waals surface area contributed by atoms with Crippen LogP contribution in [0.1, 0.15) is 71.8 Å². The number of halogens is 1. The first-order valence-electron chi connectivity index (χ1n) is 9.42. The molecular weight excluding hydrogens is 302 g/mol. The van der Waals surface area contributed by atoms with E-state index in [4.69, 9.17) is 9.31 Å². The fourth-order valence-electron chi connectivity index (χ4n) is 3.75. The van der Waals surface area contributed by atoms with Crippen molar-refractivity contribution in [2.24, 2.45) is 5.92 Å². The standard InChI is InChI=1S/C20H30BFO2/c1-19(2)20(3,4)24-21(23-19)17-14-16(12-13-18(17)22)11-10-15-8-6-5-7-9-15/h12-15H,5-11H2,1-4H3. The first-order valence-corrected chi connectivity index (χ1v) is 9.42. The average molecular weight is 332 g/mol. The van der Waals surface area contributed by atoms with E-state index in [1.807, 2.05) is 39.8 Å². The van der Waals surface area contributed by atoms with Crippen molar-refractivity contribution in [2.75, 3.05) is 0 Å². The zero-order valence-electron chi connectivity index (χ0n) is 15.5. The molecule has 2 aliphatic rings. The maximum atomic E-state index is 14.4. The summed E-state index contributed by atoms with van der Waals surface area (Å²) < 4.78 is 26.4. The van der Waals surface area contributed by atoms with E-state index in [2.05, 4.69) is 0 Å². The summed E-state index contributed by atoms with van der Waals surface area (Å²) in [7, 11) is -0.621. The second-order valence-electron chi connectivity index (χ2n) is 8.49. The molecule has 1 aromatic rings. The molecule has 1 aliphatic heterocycles. The van der Waals surface area contributed by atoms with E-state index in [0.717, 1.165) is 12.3 Å². The van der Waals surface area contributed by atoms with Gasteiger partial charge in [-0.25, -0.2) is 4.39 Å². The lowest BCUT2D eigenvalue weighted by molar-refractivity contribution is 0.00578. The van der Waals surface area contributed by atoms with Crippen LogP contribution in [-0.4, -0.2) is 18.3 Å². The first-order chi connectivity index (χ1) is 11.3. The first kappa shape index (κ1) is 17.9. The van der Waals surface area contributed by atoms with Gasteiger partial charge < -0.3 is 9.31 Å². The lowest BCUT2D eigenvalue weighted by atomic mass is 9.77. The highest BCUT2D eigenvalue weighted by Gasteiger charge is 2.52. The molecule has 1 saturated heterocycles. The summed E-state index contributed by atoms with van der Waals surface area (Å²) in [5.74, 6) is 0.596. The Morgan fingerprint density at radius 1 is 1.04 bits per heavy atom. The highest BCUT2D eigenvalue weighted by molar-refractivity contribution is 6.62. The van der Waals surface area contributed by atoms with E-state index in [-0.39, 0.29) is 5.82 Å². The monoisotopic (exact) mass is 332 g/mol. The largest absolute Gasteiger partial charge is 0.497 e. The molecule has 2 nitrogen and oxygen atoms in total. The maximum Gasteiger partial charge on any atom is 0.497 e. The molecule has 0 spiro atoms. The van der Waals surface area contributed by atoms with Gasteiger partial charge >= 0.3 is 7.12 Å². The molecule has 1 aliphatic carbocycles. The molecule has 2 fully saturated rings. The van der Waals surface area contributed by atoms with E-state index in [0.29, 0.717) is 5.46 Å². The second kappa shape index (κ2) is 6.80. The minimum absolute atomic E-state index is 0.241. The Morgan fingerprint density at radius 3 is 2.29 bits per heavy atom. The Hall–Kier alpha value is -0.865. The van der Waals surface area contributed by atoms with Crippen molar-refractivity contribution in [1.29, 1.82) is 0 Å². The smallest absolute Gasteiger partial charge is 0.399 e. The Kier molecular flexibility index (Phi) is 5.08. The predicted molar refractivity (Wildman–Crippen MR) is 97.0 cm³/mol. The third-order valence-corrected chi connectivity index (χ3v) is 6.13. The van der Waals surface area contributed by atoms with E-state index >= 15 is 0 Å². The van der Waals surface area contributed by atoms with Crippen LogP contribution in [0.2, 0.25) is 0 Å². The van der Waals surface area contributed by atoms with Crippen LogP contribution < -0.4 is 5.46 Å². The predicted octanol–water partition coefficient (Wildman–Crippen LogP) is 4.64. The third-order valence-electron chi connectivity index (χ3n) is 6.13. The van der Waals surface area contributed by atoms with E-state index < -0.39 is 18.3 Å². The fourth-order valence-corrected chi connectivity index (χ4v) is 3.75. The van der Waals surface area contributed by atoms with Crippen LogP contribution in [0.4, 0.5) is 4.39 Å². The molecule has 0 bridgehead atoms. The lowest BCUT2D eigenvalue weighted by Gasteiger charge is -2.32. The molecule has 3 rings (SSSR count). The van der Waals surface area contributed by atoms with E-state index in [1.165, 1.54) is 44.1 Å². The molecule has 0 N–H and O–H groups in total. The van der Waals surface area contributed by atoms with Crippen molar-refractivity contribution in [1.82, 2.24) is 0 Å². The van der Waals surface area contributed by atoms with Crippen LogP contribution in [0, 0.1) is 11.7 Å². The van der Waals surface area contributed by atoms with E-state index in [1.54, 1.807) is 6.07 Å². The zero-order valence-corrected chi connectivity index (χ0v) is 15.5. The van der Waals surface area contributed by atoms with Crippen molar-refractivity contribution >= 4 is 12.6 Å². The average Bonchev–Trinajstić information content (AvgIpc) is 2.75. The third kappa shape index (κ3) is 3.70. The number of rotatable bonds is 4. The molecule has 24 heavy (non-hydrogen) atoms. The van der Waals surface area contributed by atoms with Gasteiger partial charge in [0, 0.05) is 5.46 Å². The highest BCUT2D eigenvalue weighted by Crippen LogP contribution is 2.36. The second-order valence-corrected chi connectivity index (χ2v) is 8.49. The molecule has 1 heterocycles. The van der Waals surface area contributed by atoms with Gasteiger partial charge in [-0.2, -0.15) is 0 Å². The summed E-state index contributed by atoms with van der Waals surface area (Å²) in [6.07, 6.45) is 9.04. The summed E-state index contributed by atoms with van der Waals surface area (Å²) >= 11 is 0. The lowest BCUT2D eigenvalue weighted by Crippen LogP contribution is -2.41. The van der Waals surface area contributed by atoms with Crippen molar-refractivity contribution in [3.8, 4) is 0 Å². The molecule has 1 saturated carbocycles. The molecule has 0 atom stereocenters. The number of hydrogen-bond acceptors (Lipinski definition) is 2. The summed E-state index contributed by atoms with van der Waals surface area (Å²) in [6.45, 7) is 7.99. The van der Waals surface area contributed by atoms with Crippen molar-refractivity contribution in [2.45, 2.75) is 83.8 Å². The molecule has 0 amide bonds. The van der Waals surface area contributed by atoms with Gasteiger partial charge in [0.1, 0.15) is 5.82 Å². The summed E-state index contributed by atoms with van der Waals surface area (Å²) in [4.78, 5) is 0. The molecule has 0 unspecified atom stereocenters. The maximum absolute atomic E-state index is 14.4. The van der Waals surface area contributed by atoms with Gasteiger partial charge in [0.25, 0.3) is 0 Å². The van der Waals surface area contributed by atoms with Gasteiger partial charge in [0.2, 0.25) is 0 Å². The van der Waals surface area contributed by atoms with Crippen LogP contribution in [0.15, 0.2) is 18.2 Å². The summed E-state index contributed by atoms with van der Waals surface area (Å²) in [5, 5.41) is 0. The minimum Gasteiger partial charge on any atom is -0.399 e. The Morgan fingerprint density at radius 2 is 1.67 bits per heavy atom. The van der Waals surface area contributed by atoms with Crippen LogP contribution in [0.5, 0.6) is 0 Å². The molecule has 4 heteroatoms. The molecule has 132 valence electrons. The molecule has 0 aromatic heterocycles. The van der Waals surface area contributed by atoms with Gasteiger partial charge in [-0.15, -0.1) is 0 Å². The number of hydrogen-bond donors (Lipinski definition) is 0. The zero-order chi connectivity index (χ0) is 17.4. The SMILES string of the molecule is CC1(C)OB(c2cc(CCC3CCCCC3)ccc2F)OC1(C)C. The van der Waals surface area contributed by atoms with Crippen LogP contribution in [0.3, 0.4) is 0 Å². The van der Waals surface area contributed by atoms with Crippen LogP contribution in [-0.2, 0) is 15.7 Å². The van der Waals surface area contributed by atoms with Crippen molar-refractivity contribution in [3.05, 3.63) is 29.6 Å². The van der Waals surface area contributed by atoms with Crippen LogP contribution >= 0.6 is 0 Å². The quantitative estimate of drug-likeness (QED) is 0.748. The van der Waals surface area contributed by atoms with Gasteiger partial charge in [0.05, 0.1) is 11.2 Å².